The topological polar surface area (TPSA) is 101 Å². The second-order valence-corrected chi connectivity index (χ2v) is 5.06. The minimum absolute atomic E-state index is 0.233. The number of benzene rings is 1. The molecular weight excluding hydrogens is 242 g/mol. The number of aromatic nitrogens is 4. The van der Waals surface area contributed by atoms with Crippen molar-refractivity contribution in [2.24, 2.45) is 0 Å². The van der Waals surface area contributed by atoms with Crippen LogP contribution in [0.5, 0.6) is 0 Å². The summed E-state index contributed by atoms with van der Waals surface area (Å²) in [6.45, 7) is 0.233. The van der Waals surface area contributed by atoms with E-state index < -0.39 is 10.0 Å². The molecule has 0 unspecified atom stereocenters. The molecule has 0 bridgehead atoms. The maximum atomic E-state index is 11.8. The molecule has 0 amide bonds. The van der Waals surface area contributed by atoms with E-state index in [0.717, 1.165) is 0 Å². The van der Waals surface area contributed by atoms with Crippen LogP contribution in [0.25, 0.3) is 0 Å². The highest BCUT2D eigenvalue weighted by Crippen LogP contribution is 2.06. The first-order valence-corrected chi connectivity index (χ1v) is 6.44. The zero-order valence-corrected chi connectivity index (χ0v) is 9.68. The molecule has 0 aliphatic carbocycles. The summed E-state index contributed by atoms with van der Waals surface area (Å²) < 4.78 is 26.0. The molecule has 2 rings (SSSR count). The van der Waals surface area contributed by atoms with Crippen LogP contribution in [0.2, 0.25) is 0 Å². The first kappa shape index (κ1) is 11.7. The second-order valence-electron chi connectivity index (χ2n) is 3.29. The van der Waals surface area contributed by atoms with Crippen LogP contribution in [-0.4, -0.2) is 35.6 Å². The summed E-state index contributed by atoms with van der Waals surface area (Å²) in [5.41, 5.74) is 0. The quantitative estimate of drug-likeness (QED) is 0.763. The lowest BCUT2D eigenvalue weighted by Crippen LogP contribution is -2.26. The van der Waals surface area contributed by atoms with Gasteiger partial charge in [-0.15, -0.1) is 10.2 Å². The van der Waals surface area contributed by atoms with Gasteiger partial charge in [0.05, 0.1) is 4.90 Å². The average molecular weight is 253 g/mol. The van der Waals surface area contributed by atoms with Gasteiger partial charge in [0.2, 0.25) is 10.0 Å². The number of aromatic amines is 1. The van der Waals surface area contributed by atoms with E-state index in [4.69, 9.17) is 0 Å². The Morgan fingerprint density at radius 2 is 2.00 bits per heavy atom. The summed E-state index contributed by atoms with van der Waals surface area (Å²) in [5.74, 6) is 0.473. The largest absolute Gasteiger partial charge is 0.240 e. The van der Waals surface area contributed by atoms with E-state index in [1.54, 1.807) is 18.2 Å². The monoisotopic (exact) mass is 253 g/mol. The Bertz CT molecular complexity index is 552. The molecule has 8 heteroatoms. The minimum atomic E-state index is -3.45. The molecule has 0 aliphatic heterocycles. The predicted octanol–water partition coefficient (Wildman–Crippen LogP) is -0.279. The number of hydrogen-bond acceptors (Lipinski definition) is 5. The van der Waals surface area contributed by atoms with E-state index in [1.807, 2.05) is 0 Å². The van der Waals surface area contributed by atoms with Crippen LogP contribution in [0.4, 0.5) is 0 Å². The molecule has 0 fully saturated rings. The molecule has 2 aromatic rings. The molecule has 0 radical (unpaired) electrons. The van der Waals surface area contributed by atoms with Crippen LogP contribution in [0.15, 0.2) is 35.2 Å². The normalized spacial score (nSPS) is 11.5. The van der Waals surface area contributed by atoms with E-state index in [9.17, 15) is 8.42 Å². The third kappa shape index (κ3) is 3.08. The van der Waals surface area contributed by atoms with Gasteiger partial charge in [0.15, 0.2) is 5.82 Å². The highest BCUT2D eigenvalue weighted by molar-refractivity contribution is 7.89. The predicted molar refractivity (Wildman–Crippen MR) is 59.5 cm³/mol. The smallest absolute Gasteiger partial charge is 0.211 e. The maximum Gasteiger partial charge on any atom is 0.240 e. The van der Waals surface area contributed by atoms with E-state index in [-0.39, 0.29) is 11.4 Å². The average Bonchev–Trinajstić information content (AvgIpc) is 2.83. The van der Waals surface area contributed by atoms with E-state index in [2.05, 4.69) is 25.3 Å². The number of tetrazole rings is 1. The molecule has 17 heavy (non-hydrogen) atoms. The molecule has 2 N–H and O–H groups in total. The molecule has 0 atom stereocenters. The fourth-order valence-corrected chi connectivity index (χ4v) is 2.32. The van der Waals surface area contributed by atoms with Gasteiger partial charge in [0.1, 0.15) is 0 Å². The van der Waals surface area contributed by atoms with Crippen molar-refractivity contribution in [1.29, 1.82) is 0 Å². The first-order valence-electron chi connectivity index (χ1n) is 4.95. The Hall–Kier alpha value is -1.80. The Morgan fingerprint density at radius 1 is 1.24 bits per heavy atom. The number of nitrogens with zero attached hydrogens (tertiary/aromatic N) is 3. The first-order chi connectivity index (χ1) is 8.18. The molecule has 0 aliphatic rings. The summed E-state index contributed by atoms with van der Waals surface area (Å²) in [6.07, 6.45) is 0.391. The Morgan fingerprint density at radius 3 is 2.65 bits per heavy atom. The summed E-state index contributed by atoms with van der Waals surface area (Å²) >= 11 is 0. The van der Waals surface area contributed by atoms with E-state index >= 15 is 0 Å². The van der Waals surface area contributed by atoms with Crippen molar-refractivity contribution in [3.8, 4) is 0 Å². The fourth-order valence-electron chi connectivity index (χ4n) is 1.27. The number of sulfonamides is 1. The molecule has 7 nitrogen and oxygen atoms in total. The van der Waals surface area contributed by atoms with Gasteiger partial charge in [-0.2, -0.15) is 5.21 Å². The van der Waals surface area contributed by atoms with Crippen molar-refractivity contribution < 1.29 is 8.42 Å². The lowest BCUT2D eigenvalue weighted by Gasteiger charge is -2.04. The van der Waals surface area contributed by atoms with Gasteiger partial charge in [-0.25, -0.2) is 13.1 Å². The van der Waals surface area contributed by atoms with Crippen molar-refractivity contribution >= 4 is 10.0 Å². The van der Waals surface area contributed by atoms with Gasteiger partial charge in [-0.1, -0.05) is 23.4 Å². The molecule has 1 aromatic heterocycles. The van der Waals surface area contributed by atoms with E-state index in [1.165, 1.54) is 12.1 Å². The standard InChI is InChI=1S/C9H11N5O2S/c15-17(16,8-4-2-1-3-5-8)10-7-6-9-11-13-14-12-9/h1-5,10H,6-7H2,(H,11,12,13,14). The molecule has 0 saturated carbocycles. The van der Waals surface area contributed by atoms with Crippen LogP contribution in [0, 0.1) is 0 Å². The number of H-pyrrole nitrogens is 1. The highest BCUT2D eigenvalue weighted by atomic mass is 32.2. The zero-order valence-electron chi connectivity index (χ0n) is 8.87. The molecule has 1 heterocycles. The van der Waals surface area contributed by atoms with Crippen LogP contribution in [0.3, 0.4) is 0 Å². The molecule has 0 spiro atoms. The van der Waals surface area contributed by atoms with Crippen molar-refractivity contribution in [1.82, 2.24) is 25.3 Å². The maximum absolute atomic E-state index is 11.8. The van der Waals surface area contributed by atoms with Gasteiger partial charge in [0, 0.05) is 13.0 Å². The van der Waals surface area contributed by atoms with Crippen molar-refractivity contribution in [3.63, 3.8) is 0 Å². The van der Waals surface area contributed by atoms with Gasteiger partial charge >= 0.3 is 0 Å². The summed E-state index contributed by atoms with van der Waals surface area (Å²) in [4.78, 5) is 0.244. The third-order valence-electron chi connectivity index (χ3n) is 2.08. The SMILES string of the molecule is O=S(=O)(NCCc1nn[nH]n1)c1ccccc1. The highest BCUT2D eigenvalue weighted by Gasteiger charge is 2.12. The summed E-state index contributed by atoms with van der Waals surface area (Å²) in [7, 11) is -3.45. The lowest BCUT2D eigenvalue weighted by atomic mass is 10.4. The van der Waals surface area contributed by atoms with Crippen molar-refractivity contribution in [2.45, 2.75) is 11.3 Å². The lowest BCUT2D eigenvalue weighted by molar-refractivity contribution is 0.581. The Balaban J connectivity index is 1.95. The third-order valence-corrected chi connectivity index (χ3v) is 3.56. The Kier molecular flexibility index (Phi) is 3.45. The summed E-state index contributed by atoms with van der Waals surface area (Å²) in [6, 6.07) is 8.19. The Labute approximate surface area is 98.3 Å². The molecule has 0 saturated heterocycles. The van der Waals surface area contributed by atoms with Gasteiger partial charge < -0.3 is 0 Å². The number of hydrogen-bond donors (Lipinski definition) is 2. The zero-order chi connectivity index (χ0) is 12.1. The molecule has 90 valence electrons. The van der Waals surface area contributed by atoms with Gasteiger partial charge in [0.25, 0.3) is 0 Å². The van der Waals surface area contributed by atoms with Crippen LogP contribution >= 0.6 is 0 Å². The van der Waals surface area contributed by atoms with Crippen LogP contribution < -0.4 is 4.72 Å². The van der Waals surface area contributed by atoms with Gasteiger partial charge in [-0.05, 0) is 12.1 Å². The van der Waals surface area contributed by atoms with Crippen molar-refractivity contribution in [3.05, 3.63) is 36.2 Å². The van der Waals surface area contributed by atoms with Crippen LogP contribution in [-0.2, 0) is 16.4 Å². The van der Waals surface area contributed by atoms with Crippen LogP contribution in [0.1, 0.15) is 5.82 Å². The second kappa shape index (κ2) is 5.02. The number of rotatable bonds is 5. The molecular formula is C9H11N5O2S. The summed E-state index contributed by atoms with van der Waals surface area (Å²) in [5, 5.41) is 13.1. The molecule has 1 aromatic carbocycles. The fraction of sp³-hybridized carbons (Fsp3) is 0.222. The minimum Gasteiger partial charge on any atom is -0.211 e. The van der Waals surface area contributed by atoms with Gasteiger partial charge in [-0.3, -0.25) is 0 Å². The number of nitrogens with one attached hydrogen (secondary N) is 2. The van der Waals surface area contributed by atoms with E-state index in [0.29, 0.717) is 12.2 Å². The van der Waals surface area contributed by atoms with Crippen molar-refractivity contribution in [2.75, 3.05) is 6.54 Å².